The topological polar surface area (TPSA) is 104 Å². The van der Waals surface area contributed by atoms with Crippen molar-refractivity contribution < 1.29 is 28.2 Å². The number of Topliss-reactive ketones (excluding diaryl/α,β-unsaturated/α-hetero) is 1. The van der Waals surface area contributed by atoms with Crippen molar-refractivity contribution in [3.05, 3.63) is 98.2 Å². The molecule has 1 N–H and O–H groups in total. The summed E-state index contributed by atoms with van der Waals surface area (Å²) in [5.74, 6) is -1.04. The lowest BCUT2D eigenvalue weighted by Crippen LogP contribution is -2.37. The molecule has 0 amide bonds. The number of nitrogens with one attached hydrogen (secondary N) is 1. The molecule has 1 aliphatic heterocycles. The Kier molecular flexibility index (Phi) is 8.13. The molecule has 5 rings (SSSR count). The number of carbonyl (C=O) groups excluding carboxylic acids is 2. The fourth-order valence-electron chi connectivity index (χ4n) is 5.71. The van der Waals surface area contributed by atoms with E-state index in [2.05, 4.69) is 5.32 Å². The Morgan fingerprint density at radius 2 is 1.88 bits per heavy atom. The molecule has 0 saturated heterocycles. The molecular weight excluding hydrogens is 522 g/mol. The molecule has 1 aliphatic carbocycles. The van der Waals surface area contributed by atoms with Gasteiger partial charge in [-0.15, -0.1) is 0 Å². The number of aryl methyl sites for hydroxylation is 1. The zero-order valence-electron chi connectivity index (χ0n) is 24.0. The fourth-order valence-corrected chi connectivity index (χ4v) is 5.71. The summed E-state index contributed by atoms with van der Waals surface area (Å²) in [6, 6.07) is 13.1. The van der Waals surface area contributed by atoms with Crippen LogP contribution >= 0.6 is 0 Å². The molecule has 2 heterocycles. The lowest BCUT2D eigenvalue weighted by molar-refractivity contribution is -0.141. The number of benzene rings is 2. The average molecular weight is 558 g/mol. The molecule has 41 heavy (non-hydrogen) atoms. The number of ketones is 1. The molecule has 8 nitrogen and oxygen atoms in total. The lowest BCUT2D eigenvalue weighted by Gasteiger charge is -2.36. The molecule has 3 aromatic rings. The van der Waals surface area contributed by atoms with Gasteiger partial charge in [-0.05, 0) is 69.9 Å². The molecule has 0 saturated carbocycles. The first kappa shape index (κ1) is 28.4. The third-order valence-corrected chi connectivity index (χ3v) is 7.65. The van der Waals surface area contributed by atoms with Crippen LogP contribution in [-0.2, 0) is 19.1 Å². The Hall–Kier alpha value is -4.17. The van der Waals surface area contributed by atoms with Gasteiger partial charge in [0.05, 0.1) is 43.0 Å². The summed E-state index contributed by atoms with van der Waals surface area (Å²) in [6.07, 6.45) is 2.13. The van der Waals surface area contributed by atoms with Gasteiger partial charge in [0.25, 0.3) is 0 Å². The number of hydrogen-bond donors (Lipinski definition) is 1. The Balaban J connectivity index is 1.59. The number of fused-ring (bicyclic) bond motifs is 1. The van der Waals surface area contributed by atoms with Gasteiger partial charge in [0.2, 0.25) is 0 Å². The lowest BCUT2D eigenvalue weighted by atomic mass is 9.72. The average Bonchev–Trinajstić information content (AvgIpc) is 2.95. The van der Waals surface area contributed by atoms with Gasteiger partial charge in [-0.3, -0.25) is 9.59 Å². The molecule has 2 aliphatic rings. The number of hydrogen-bond acceptors (Lipinski definition) is 8. The minimum Gasteiger partial charge on any atom is -0.497 e. The smallest absolute Gasteiger partial charge is 0.336 e. The van der Waals surface area contributed by atoms with E-state index in [0.29, 0.717) is 34.4 Å². The highest BCUT2D eigenvalue weighted by Gasteiger charge is 2.43. The monoisotopic (exact) mass is 557 g/mol. The third-order valence-electron chi connectivity index (χ3n) is 7.65. The van der Waals surface area contributed by atoms with Gasteiger partial charge < -0.3 is 23.9 Å². The van der Waals surface area contributed by atoms with Crippen LogP contribution in [0.15, 0.2) is 80.5 Å². The maximum Gasteiger partial charge on any atom is 0.336 e. The fraction of sp³-hybridized carbons (Fsp3) is 0.364. The zero-order chi connectivity index (χ0) is 29.3. The molecule has 0 spiro atoms. The summed E-state index contributed by atoms with van der Waals surface area (Å²) in [6.45, 7) is 7.75. The normalized spacial score (nSPS) is 18.9. The van der Waals surface area contributed by atoms with Crippen molar-refractivity contribution in [2.45, 2.75) is 58.5 Å². The van der Waals surface area contributed by atoms with Crippen LogP contribution in [0.4, 0.5) is 0 Å². The van der Waals surface area contributed by atoms with Crippen molar-refractivity contribution >= 4 is 22.7 Å². The molecule has 0 radical (unpaired) electrons. The van der Waals surface area contributed by atoms with Crippen LogP contribution in [0, 0.1) is 6.92 Å². The first-order valence-corrected chi connectivity index (χ1v) is 13.9. The van der Waals surface area contributed by atoms with E-state index >= 15 is 0 Å². The van der Waals surface area contributed by atoms with Crippen molar-refractivity contribution in [1.29, 1.82) is 0 Å². The minimum atomic E-state index is -0.926. The van der Waals surface area contributed by atoms with E-state index in [9.17, 15) is 14.4 Å². The number of ether oxygens (including phenoxy) is 3. The zero-order valence-corrected chi connectivity index (χ0v) is 24.0. The third kappa shape index (κ3) is 5.70. The molecule has 2 atom stereocenters. The Bertz CT molecular complexity index is 1630. The maximum atomic E-state index is 13.9. The molecule has 1 aromatic heterocycles. The van der Waals surface area contributed by atoms with Crippen LogP contribution in [-0.4, -0.2) is 38.2 Å². The second-order valence-electron chi connectivity index (χ2n) is 10.9. The quantitative estimate of drug-likeness (QED) is 0.289. The first-order chi connectivity index (χ1) is 19.7. The Morgan fingerprint density at radius 1 is 1.07 bits per heavy atom. The number of carbonyl (C=O) groups is 2. The van der Waals surface area contributed by atoms with Gasteiger partial charge in [0.15, 0.2) is 11.2 Å². The van der Waals surface area contributed by atoms with E-state index in [-0.39, 0.29) is 54.0 Å². The van der Waals surface area contributed by atoms with Gasteiger partial charge in [-0.2, -0.15) is 0 Å². The number of esters is 1. The molecule has 0 bridgehead atoms. The van der Waals surface area contributed by atoms with E-state index in [1.807, 2.05) is 51.1 Å². The highest BCUT2D eigenvalue weighted by atomic mass is 16.6. The van der Waals surface area contributed by atoms with E-state index in [0.717, 1.165) is 16.9 Å². The van der Waals surface area contributed by atoms with Gasteiger partial charge in [0, 0.05) is 29.0 Å². The standard InChI is InChI=1S/C33H35NO7/c1-18(2)39-11-12-40-33(37)29-20(4)34-26-15-22(21-7-6-8-23(14-21)38-5)16-27(35)31(26)30(29)25-17-41-28-10-9-19(3)13-24(28)32(25)36/h6-10,13-14,17-18,22,30,34H,11-12,15-16H2,1-5H3/t22-,30-/m0/s1. The summed E-state index contributed by atoms with van der Waals surface area (Å²) < 4.78 is 22.4. The first-order valence-electron chi connectivity index (χ1n) is 13.9. The summed E-state index contributed by atoms with van der Waals surface area (Å²) in [5, 5.41) is 3.72. The Morgan fingerprint density at radius 3 is 2.63 bits per heavy atom. The van der Waals surface area contributed by atoms with Crippen LogP contribution in [0.1, 0.15) is 62.1 Å². The van der Waals surface area contributed by atoms with Crippen molar-refractivity contribution in [2.24, 2.45) is 0 Å². The SMILES string of the molecule is COc1cccc([C@@H]2CC(=O)C3=C(C2)NC(C)=C(C(=O)OCCOC(C)C)[C@@H]3c2coc3ccc(C)cc3c2=O)c1. The number of methoxy groups -OCH3 is 1. The van der Waals surface area contributed by atoms with Gasteiger partial charge in [-0.1, -0.05) is 23.8 Å². The molecule has 2 aromatic carbocycles. The molecular formula is C33H35NO7. The number of dihydropyridines is 1. The maximum absolute atomic E-state index is 13.9. The summed E-state index contributed by atoms with van der Waals surface area (Å²) in [5.41, 5.74) is 4.13. The van der Waals surface area contributed by atoms with E-state index in [1.165, 1.54) is 6.26 Å². The van der Waals surface area contributed by atoms with E-state index < -0.39 is 11.9 Å². The van der Waals surface area contributed by atoms with Crippen molar-refractivity contribution in [1.82, 2.24) is 5.32 Å². The van der Waals surface area contributed by atoms with Crippen LogP contribution in [0.3, 0.4) is 0 Å². The largest absolute Gasteiger partial charge is 0.497 e. The van der Waals surface area contributed by atoms with Crippen LogP contribution < -0.4 is 15.5 Å². The molecule has 8 heteroatoms. The molecule has 214 valence electrons. The summed E-state index contributed by atoms with van der Waals surface area (Å²) in [4.78, 5) is 41.4. The minimum absolute atomic E-state index is 0.00505. The Labute approximate surface area is 239 Å². The van der Waals surface area contributed by atoms with Gasteiger partial charge >= 0.3 is 5.97 Å². The summed E-state index contributed by atoms with van der Waals surface area (Å²) >= 11 is 0. The highest BCUT2D eigenvalue weighted by Crippen LogP contribution is 2.45. The van der Waals surface area contributed by atoms with Crippen molar-refractivity contribution in [3.8, 4) is 5.75 Å². The number of allylic oxidation sites excluding steroid dienone is 3. The van der Waals surface area contributed by atoms with Crippen LogP contribution in [0.5, 0.6) is 5.75 Å². The van der Waals surface area contributed by atoms with Gasteiger partial charge in [-0.25, -0.2) is 4.79 Å². The van der Waals surface area contributed by atoms with Crippen molar-refractivity contribution in [2.75, 3.05) is 20.3 Å². The predicted octanol–water partition coefficient (Wildman–Crippen LogP) is 5.44. The van der Waals surface area contributed by atoms with Crippen molar-refractivity contribution in [3.63, 3.8) is 0 Å². The second-order valence-corrected chi connectivity index (χ2v) is 10.9. The van der Waals surface area contributed by atoms with Gasteiger partial charge in [0.1, 0.15) is 17.9 Å². The highest BCUT2D eigenvalue weighted by molar-refractivity contribution is 6.04. The summed E-state index contributed by atoms with van der Waals surface area (Å²) in [7, 11) is 1.61. The molecule has 0 unspecified atom stereocenters. The van der Waals surface area contributed by atoms with E-state index in [1.54, 1.807) is 26.2 Å². The molecule has 0 fully saturated rings. The second kappa shape index (κ2) is 11.7. The van der Waals surface area contributed by atoms with Crippen LogP contribution in [0.2, 0.25) is 0 Å². The van der Waals surface area contributed by atoms with E-state index in [4.69, 9.17) is 18.6 Å². The predicted molar refractivity (Wildman–Crippen MR) is 155 cm³/mol. The number of rotatable bonds is 8. The van der Waals surface area contributed by atoms with Crippen LogP contribution in [0.25, 0.3) is 11.0 Å².